The number of anilines is 1. The van der Waals surface area contributed by atoms with Crippen molar-refractivity contribution >= 4 is 23.2 Å². The van der Waals surface area contributed by atoms with Crippen molar-refractivity contribution in [2.45, 2.75) is 6.42 Å². The SMILES string of the molecule is COc1ccc(CC(=O)N2CCN(c3ccccc3)CC2)c(Cl)c1. The molecule has 0 atom stereocenters. The molecule has 24 heavy (non-hydrogen) atoms. The molecule has 0 N–H and O–H groups in total. The van der Waals surface area contributed by atoms with Gasteiger partial charge in [0.05, 0.1) is 13.5 Å². The summed E-state index contributed by atoms with van der Waals surface area (Å²) in [6.45, 7) is 3.18. The van der Waals surface area contributed by atoms with Crippen LogP contribution < -0.4 is 9.64 Å². The van der Waals surface area contributed by atoms with Crippen molar-refractivity contribution < 1.29 is 9.53 Å². The third-order valence-corrected chi connectivity index (χ3v) is 4.71. The van der Waals surface area contributed by atoms with Crippen molar-refractivity contribution in [2.75, 3.05) is 38.2 Å². The van der Waals surface area contributed by atoms with Crippen LogP contribution in [-0.4, -0.2) is 44.1 Å². The zero-order chi connectivity index (χ0) is 16.9. The standard InChI is InChI=1S/C19H21ClN2O2/c1-24-17-8-7-15(18(20)14-17)13-19(23)22-11-9-21(10-12-22)16-5-3-2-4-6-16/h2-8,14H,9-13H2,1H3. The average Bonchev–Trinajstić information content (AvgIpc) is 2.64. The van der Waals surface area contributed by atoms with Crippen LogP contribution in [0.15, 0.2) is 48.5 Å². The number of nitrogens with zero attached hydrogens (tertiary/aromatic N) is 2. The molecule has 0 bridgehead atoms. The fourth-order valence-corrected chi connectivity index (χ4v) is 3.16. The Balaban J connectivity index is 1.57. The number of rotatable bonds is 4. The topological polar surface area (TPSA) is 32.8 Å². The molecule has 3 rings (SSSR count). The number of hydrogen-bond acceptors (Lipinski definition) is 3. The Labute approximate surface area is 147 Å². The van der Waals surface area contributed by atoms with E-state index in [-0.39, 0.29) is 5.91 Å². The predicted octanol–water partition coefficient (Wildman–Crippen LogP) is 3.24. The number of ether oxygens (including phenoxy) is 1. The van der Waals surface area contributed by atoms with Gasteiger partial charge in [-0.15, -0.1) is 0 Å². The number of carbonyl (C=O) groups is 1. The fraction of sp³-hybridized carbons (Fsp3) is 0.316. The molecule has 0 spiro atoms. The van der Waals surface area contributed by atoms with Crippen molar-refractivity contribution in [1.82, 2.24) is 4.90 Å². The van der Waals surface area contributed by atoms with E-state index in [1.54, 1.807) is 13.2 Å². The number of hydrogen-bond donors (Lipinski definition) is 0. The summed E-state index contributed by atoms with van der Waals surface area (Å²) in [5.41, 5.74) is 2.05. The maximum Gasteiger partial charge on any atom is 0.227 e. The highest BCUT2D eigenvalue weighted by Crippen LogP contribution is 2.23. The number of piperazine rings is 1. The minimum absolute atomic E-state index is 0.120. The molecule has 4 nitrogen and oxygen atoms in total. The molecule has 2 aromatic rings. The first-order chi connectivity index (χ1) is 11.7. The summed E-state index contributed by atoms with van der Waals surface area (Å²) in [6.07, 6.45) is 0.328. The van der Waals surface area contributed by atoms with Crippen LogP contribution in [0.2, 0.25) is 5.02 Å². The van der Waals surface area contributed by atoms with Crippen LogP contribution >= 0.6 is 11.6 Å². The summed E-state index contributed by atoms with van der Waals surface area (Å²) in [4.78, 5) is 16.8. The molecular weight excluding hydrogens is 324 g/mol. The lowest BCUT2D eigenvalue weighted by atomic mass is 10.1. The van der Waals surface area contributed by atoms with Gasteiger partial charge in [0.25, 0.3) is 0 Å². The Bertz CT molecular complexity index is 698. The van der Waals surface area contributed by atoms with Crippen molar-refractivity contribution in [1.29, 1.82) is 0 Å². The number of halogens is 1. The predicted molar refractivity (Wildman–Crippen MR) is 96.9 cm³/mol. The molecule has 2 aromatic carbocycles. The quantitative estimate of drug-likeness (QED) is 0.853. The zero-order valence-electron chi connectivity index (χ0n) is 13.7. The van der Waals surface area contributed by atoms with E-state index in [1.807, 2.05) is 35.2 Å². The van der Waals surface area contributed by atoms with E-state index < -0.39 is 0 Å². The maximum atomic E-state index is 12.5. The molecule has 126 valence electrons. The third-order valence-electron chi connectivity index (χ3n) is 4.36. The van der Waals surface area contributed by atoms with Gasteiger partial charge in [0.1, 0.15) is 5.75 Å². The van der Waals surface area contributed by atoms with E-state index in [9.17, 15) is 4.79 Å². The molecule has 1 fully saturated rings. The summed E-state index contributed by atoms with van der Waals surface area (Å²) in [6, 6.07) is 15.8. The van der Waals surface area contributed by atoms with Crippen molar-refractivity contribution in [2.24, 2.45) is 0 Å². The highest BCUT2D eigenvalue weighted by atomic mass is 35.5. The minimum Gasteiger partial charge on any atom is -0.497 e. The second-order valence-electron chi connectivity index (χ2n) is 5.84. The average molecular weight is 345 g/mol. The fourth-order valence-electron chi connectivity index (χ4n) is 2.93. The molecule has 1 aliphatic heterocycles. The van der Waals surface area contributed by atoms with Gasteiger partial charge < -0.3 is 14.5 Å². The lowest BCUT2D eigenvalue weighted by Crippen LogP contribution is -2.49. The summed E-state index contributed by atoms with van der Waals surface area (Å²) in [5.74, 6) is 0.822. The molecule has 0 saturated carbocycles. The molecule has 1 saturated heterocycles. The Morgan fingerprint density at radius 3 is 2.42 bits per heavy atom. The van der Waals surface area contributed by atoms with Gasteiger partial charge in [-0.25, -0.2) is 0 Å². The number of carbonyl (C=O) groups excluding carboxylic acids is 1. The summed E-state index contributed by atoms with van der Waals surface area (Å²) < 4.78 is 5.14. The first-order valence-corrected chi connectivity index (χ1v) is 8.45. The van der Waals surface area contributed by atoms with E-state index in [0.29, 0.717) is 17.2 Å². The molecule has 1 aliphatic rings. The minimum atomic E-state index is 0.120. The number of benzene rings is 2. The lowest BCUT2D eigenvalue weighted by molar-refractivity contribution is -0.130. The summed E-state index contributed by atoms with van der Waals surface area (Å²) in [5, 5.41) is 0.575. The largest absolute Gasteiger partial charge is 0.497 e. The molecule has 1 amide bonds. The van der Waals surface area contributed by atoms with E-state index in [2.05, 4.69) is 17.0 Å². The Morgan fingerprint density at radius 2 is 1.79 bits per heavy atom. The van der Waals surface area contributed by atoms with Crippen LogP contribution in [-0.2, 0) is 11.2 Å². The first-order valence-electron chi connectivity index (χ1n) is 8.07. The van der Waals surface area contributed by atoms with Gasteiger partial charge in [-0.2, -0.15) is 0 Å². The van der Waals surface area contributed by atoms with E-state index in [0.717, 1.165) is 31.7 Å². The van der Waals surface area contributed by atoms with Crippen LogP contribution in [0.25, 0.3) is 0 Å². The summed E-state index contributed by atoms with van der Waals surface area (Å²) >= 11 is 6.24. The summed E-state index contributed by atoms with van der Waals surface area (Å²) in [7, 11) is 1.60. The molecule has 5 heteroatoms. The first kappa shape index (κ1) is 16.7. The monoisotopic (exact) mass is 344 g/mol. The van der Waals surface area contributed by atoms with Gasteiger partial charge >= 0.3 is 0 Å². The molecule has 0 unspecified atom stereocenters. The highest BCUT2D eigenvalue weighted by Gasteiger charge is 2.21. The van der Waals surface area contributed by atoms with Crippen molar-refractivity contribution in [3.8, 4) is 5.75 Å². The van der Waals surface area contributed by atoms with Crippen LogP contribution in [0.3, 0.4) is 0 Å². The molecule has 0 aliphatic carbocycles. The molecule has 1 heterocycles. The van der Waals surface area contributed by atoms with Gasteiger partial charge in [-0.3, -0.25) is 4.79 Å². The Hall–Kier alpha value is -2.20. The van der Waals surface area contributed by atoms with E-state index >= 15 is 0 Å². The van der Waals surface area contributed by atoms with Gasteiger partial charge in [0.15, 0.2) is 0 Å². The maximum absolute atomic E-state index is 12.5. The molecular formula is C19H21ClN2O2. The molecule has 0 radical (unpaired) electrons. The highest BCUT2D eigenvalue weighted by molar-refractivity contribution is 6.31. The Kier molecular flexibility index (Phi) is 5.26. The number of amides is 1. The number of para-hydroxylation sites is 1. The second-order valence-corrected chi connectivity index (χ2v) is 6.24. The van der Waals surface area contributed by atoms with Crippen molar-refractivity contribution in [3.05, 3.63) is 59.1 Å². The van der Waals surface area contributed by atoms with Gasteiger partial charge in [-0.1, -0.05) is 35.9 Å². The van der Waals surface area contributed by atoms with Gasteiger partial charge in [-0.05, 0) is 29.8 Å². The smallest absolute Gasteiger partial charge is 0.227 e. The normalized spacial score (nSPS) is 14.6. The zero-order valence-corrected chi connectivity index (χ0v) is 14.5. The van der Waals surface area contributed by atoms with E-state index in [1.165, 1.54) is 5.69 Å². The van der Waals surface area contributed by atoms with Crippen LogP contribution in [0.5, 0.6) is 5.75 Å². The van der Waals surface area contributed by atoms with Crippen molar-refractivity contribution in [3.63, 3.8) is 0 Å². The number of methoxy groups -OCH3 is 1. The van der Waals surface area contributed by atoms with Crippen LogP contribution in [0.1, 0.15) is 5.56 Å². The lowest BCUT2D eigenvalue weighted by Gasteiger charge is -2.36. The molecule has 0 aromatic heterocycles. The van der Waals surface area contributed by atoms with Crippen LogP contribution in [0.4, 0.5) is 5.69 Å². The third kappa shape index (κ3) is 3.82. The van der Waals surface area contributed by atoms with E-state index in [4.69, 9.17) is 16.3 Å². The van der Waals surface area contributed by atoms with Crippen LogP contribution in [0, 0.1) is 0 Å². The van der Waals surface area contributed by atoms with Gasteiger partial charge in [0.2, 0.25) is 5.91 Å². The second kappa shape index (κ2) is 7.58. The van der Waals surface area contributed by atoms with Gasteiger partial charge in [0, 0.05) is 36.9 Å². The Morgan fingerprint density at radius 1 is 1.08 bits per heavy atom.